The van der Waals surface area contributed by atoms with Crippen molar-refractivity contribution in [2.45, 2.75) is 50.0 Å². The first-order valence-corrected chi connectivity index (χ1v) is 14.7. The van der Waals surface area contributed by atoms with Gasteiger partial charge >= 0.3 is 6.18 Å². The number of rotatable bonds is 9. The first-order chi connectivity index (χ1) is 22.2. The number of carbonyl (C=O) groups is 2. The molecule has 0 bridgehead atoms. The molecular weight excluding hydrogens is 620 g/mol. The van der Waals surface area contributed by atoms with E-state index in [9.17, 15) is 32.3 Å². The number of halogens is 4. The highest BCUT2D eigenvalue weighted by atomic mass is 19.4. The zero-order chi connectivity index (χ0) is 33.7. The molecule has 4 aromatic rings. The highest BCUT2D eigenvalue weighted by Crippen LogP contribution is 2.48. The molecule has 0 radical (unpaired) electrons. The predicted molar refractivity (Wildman–Crippen MR) is 162 cm³/mol. The SMILES string of the molecule is Cc1cnccc1-c1ccc(C(=O)NC[C@](O)(c2cc3c(c(-c4ccc(F)cc4)n2)OC[C@]3(C)C(N)=O)C(F)(F)F)cc1OC1CC1. The topological polar surface area (TPSA) is 137 Å². The maximum Gasteiger partial charge on any atom is 0.424 e. The summed E-state index contributed by atoms with van der Waals surface area (Å²) in [5.41, 5.74) is 1.76. The van der Waals surface area contributed by atoms with Gasteiger partial charge in [0.15, 0.2) is 0 Å². The number of aromatic nitrogens is 2. The fourth-order valence-electron chi connectivity index (χ4n) is 5.37. The lowest BCUT2D eigenvalue weighted by atomic mass is 9.81. The van der Waals surface area contributed by atoms with Gasteiger partial charge in [0.1, 0.15) is 35.0 Å². The summed E-state index contributed by atoms with van der Waals surface area (Å²) in [7, 11) is 0. The van der Waals surface area contributed by atoms with Crippen LogP contribution in [0.4, 0.5) is 17.6 Å². The summed E-state index contributed by atoms with van der Waals surface area (Å²) < 4.78 is 69.8. The van der Waals surface area contributed by atoms with Crippen LogP contribution >= 0.6 is 0 Å². The van der Waals surface area contributed by atoms with Crippen molar-refractivity contribution in [1.82, 2.24) is 15.3 Å². The third-order valence-corrected chi connectivity index (χ3v) is 8.50. The number of hydrogen-bond acceptors (Lipinski definition) is 7. The average molecular weight is 651 g/mol. The number of ether oxygens (including phenoxy) is 2. The van der Waals surface area contributed by atoms with Crippen molar-refractivity contribution in [3.05, 3.63) is 95.2 Å². The van der Waals surface area contributed by atoms with Crippen molar-refractivity contribution in [2.75, 3.05) is 13.2 Å². The molecule has 0 saturated heterocycles. The Morgan fingerprint density at radius 1 is 1.11 bits per heavy atom. The van der Waals surface area contributed by atoms with E-state index in [1.165, 1.54) is 31.2 Å². The summed E-state index contributed by atoms with van der Waals surface area (Å²) >= 11 is 0. The molecule has 2 atom stereocenters. The zero-order valence-corrected chi connectivity index (χ0v) is 25.3. The van der Waals surface area contributed by atoms with Gasteiger partial charge < -0.3 is 25.6 Å². The summed E-state index contributed by atoms with van der Waals surface area (Å²) in [6, 6.07) is 12.0. The van der Waals surface area contributed by atoms with E-state index in [-0.39, 0.29) is 40.8 Å². The number of alkyl halides is 3. The molecule has 2 amide bonds. The van der Waals surface area contributed by atoms with Crippen LogP contribution in [0, 0.1) is 12.7 Å². The minimum atomic E-state index is -5.35. The largest absolute Gasteiger partial charge is 0.490 e. The monoisotopic (exact) mass is 650 g/mol. The molecule has 0 spiro atoms. The van der Waals surface area contributed by atoms with E-state index in [2.05, 4.69) is 15.3 Å². The Kier molecular flexibility index (Phi) is 7.91. The van der Waals surface area contributed by atoms with Crippen LogP contribution in [0.15, 0.2) is 67.0 Å². The number of aliphatic hydroxyl groups is 1. The third kappa shape index (κ3) is 5.86. The van der Waals surface area contributed by atoms with Crippen LogP contribution in [0.1, 0.15) is 46.9 Å². The van der Waals surface area contributed by atoms with E-state index in [1.54, 1.807) is 24.5 Å². The lowest BCUT2D eigenvalue weighted by Gasteiger charge is -2.31. The van der Waals surface area contributed by atoms with Gasteiger partial charge in [-0.2, -0.15) is 13.2 Å². The van der Waals surface area contributed by atoms with E-state index >= 15 is 0 Å². The van der Waals surface area contributed by atoms with Crippen LogP contribution in [0.25, 0.3) is 22.4 Å². The second kappa shape index (κ2) is 11.6. The Labute approximate surface area is 266 Å². The van der Waals surface area contributed by atoms with Gasteiger partial charge in [-0.25, -0.2) is 9.37 Å². The number of benzene rings is 2. The summed E-state index contributed by atoms with van der Waals surface area (Å²) in [4.78, 5) is 34.0. The van der Waals surface area contributed by atoms with Crippen molar-refractivity contribution in [2.24, 2.45) is 5.73 Å². The van der Waals surface area contributed by atoms with Crippen LogP contribution in [0.5, 0.6) is 11.5 Å². The lowest BCUT2D eigenvalue weighted by Crippen LogP contribution is -2.51. The number of pyridine rings is 2. The molecule has 2 aromatic carbocycles. The molecule has 47 heavy (non-hydrogen) atoms. The molecule has 2 aromatic heterocycles. The van der Waals surface area contributed by atoms with Gasteiger partial charge in [0.05, 0.1) is 18.3 Å². The molecule has 1 aliphatic carbocycles. The van der Waals surface area contributed by atoms with E-state index in [1.807, 2.05) is 6.92 Å². The van der Waals surface area contributed by atoms with Crippen LogP contribution in [0.3, 0.4) is 0 Å². The minimum Gasteiger partial charge on any atom is -0.490 e. The summed E-state index contributed by atoms with van der Waals surface area (Å²) in [6.07, 6.45) is -0.432. The van der Waals surface area contributed by atoms with E-state index in [4.69, 9.17) is 15.2 Å². The van der Waals surface area contributed by atoms with Gasteiger partial charge in [-0.3, -0.25) is 14.6 Å². The first-order valence-electron chi connectivity index (χ1n) is 14.7. The van der Waals surface area contributed by atoms with Crippen LogP contribution < -0.4 is 20.5 Å². The van der Waals surface area contributed by atoms with Crippen molar-refractivity contribution >= 4 is 11.8 Å². The minimum absolute atomic E-state index is 0.00394. The molecule has 1 aliphatic heterocycles. The van der Waals surface area contributed by atoms with Crippen LogP contribution in [-0.4, -0.2) is 52.3 Å². The molecule has 6 rings (SSSR count). The number of primary amides is 1. The second-order valence-electron chi connectivity index (χ2n) is 12.0. The number of carbonyl (C=O) groups excluding carboxylic acids is 2. The Bertz CT molecular complexity index is 1880. The van der Waals surface area contributed by atoms with Gasteiger partial charge in [0.2, 0.25) is 11.5 Å². The highest BCUT2D eigenvalue weighted by molar-refractivity contribution is 5.96. The van der Waals surface area contributed by atoms with Gasteiger partial charge in [-0.1, -0.05) is 0 Å². The molecule has 1 saturated carbocycles. The summed E-state index contributed by atoms with van der Waals surface area (Å²) in [6.45, 7) is 1.64. The van der Waals surface area contributed by atoms with Crippen molar-refractivity contribution in [3.8, 4) is 33.9 Å². The Morgan fingerprint density at radius 2 is 1.83 bits per heavy atom. The molecule has 1 fully saturated rings. The first kappa shape index (κ1) is 31.9. The summed E-state index contributed by atoms with van der Waals surface area (Å²) in [5.74, 6) is -2.03. The van der Waals surface area contributed by atoms with E-state index in [0.29, 0.717) is 11.3 Å². The Morgan fingerprint density at radius 3 is 2.47 bits per heavy atom. The number of aryl methyl sites for hydroxylation is 1. The molecule has 4 N–H and O–H groups in total. The molecule has 3 heterocycles. The van der Waals surface area contributed by atoms with Crippen molar-refractivity contribution < 1.29 is 41.7 Å². The molecule has 9 nitrogen and oxygen atoms in total. The number of fused-ring (bicyclic) bond motifs is 1. The lowest BCUT2D eigenvalue weighted by molar-refractivity contribution is -0.265. The number of nitrogens with one attached hydrogen (secondary N) is 1. The fourth-order valence-corrected chi connectivity index (χ4v) is 5.37. The Hall–Kier alpha value is -5.04. The maximum atomic E-state index is 14.8. The van der Waals surface area contributed by atoms with Gasteiger partial charge in [-0.05, 0) is 92.4 Å². The van der Waals surface area contributed by atoms with Crippen molar-refractivity contribution in [3.63, 3.8) is 0 Å². The Balaban J connectivity index is 1.37. The van der Waals surface area contributed by atoms with Crippen LogP contribution in [-0.2, 0) is 15.8 Å². The van der Waals surface area contributed by atoms with E-state index < -0.39 is 47.1 Å². The van der Waals surface area contributed by atoms with Crippen LogP contribution in [0.2, 0.25) is 0 Å². The molecule has 2 aliphatic rings. The zero-order valence-electron chi connectivity index (χ0n) is 25.3. The molecule has 13 heteroatoms. The normalized spacial score (nSPS) is 18.5. The predicted octanol–water partition coefficient (Wildman–Crippen LogP) is 5.11. The fraction of sp³-hybridized carbons (Fsp3) is 0.294. The quantitative estimate of drug-likeness (QED) is 0.214. The number of nitrogens with zero attached hydrogens (tertiary/aromatic N) is 2. The smallest absolute Gasteiger partial charge is 0.424 e. The summed E-state index contributed by atoms with van der Waals surface area (Å²) in [5, 5.41) is 13.5. The number of nitrogens with two attached hydrogens (primary N) is 1. The van der Waals surface area contributed by atoms with E-state index in [0.717, 1.165) is 42.2 Å². The number of hydrogen-bond donors (Lipinski definition) is 3. The van der Waals surface area contributed by atoms with Crippen molar-refractivity contribution in [1.29, 1.82) is 0 Å². The van der Waals surface area contributed by atoms with Gasteiger partial charge in [-0.15, -0.1) is 0 Å². The average Bonchev–Trinajstić information content (AvgIpc) is 3.79. The highest BCUT2D eigenvalue weighted by Gasteiger charge is 2.57. The molecule has 0 unspecified atom stereocenters. The third-order valence-electron chi connectivity index (χ3n) is 8.50. The molecular formula is C34H30F4N4O5. The second-order valence-corrected chi connectivity index (χ2v) is 12.0. The maximum absolute atomic E-state index is 14.8. The van der Waals surface area contributed by atoms with Gasteiger partial charge in [0.25, 0.3) is 5.91 Å². The standard InChI is InChI=1S/C34H30F4N4O5/c1-18-15-40-12-11-23(18)24-10-5-20(13-26(24)47-22-8-9-22)30(43)41-16-33(45,34(36,37)38)27-14-25-29(46-17-32(25,2)31(39)44)28(42-27)19-3-6-21(35)7-4-19/h3-7,10-15,22,45H,8-9,16-17H2,1-2H3,(H2,39,44)(H,41,43)/t32-,33-/m0/s1. The van der Waals surface area contributed by atoms with Gasteiger partial charge in [0, 0.05) is 34.6 Å². The number of amides is 2. The molecule has 244 valence electrons.